The van der Waals surface area contributed by atoms with Crippen LogP contribution in [-0.2, 0) is 11.3 Å². The van der Waals surface area contributed by atoms with Crippen molar-refractivity contribution < 1.29 is 4.79 Å². The topological polar surface area (TPSA) is 72.2 Å². The van der Waals surface area contributed by atoms with Crippen LogP contribution < -0.4 is 5.43 Å². The maximum atomic E-state index is 12.5. The molecule has 4 aromatic rings. The van der Waals surface area contributed by atoms with Crippen LogP contribution in [0.15, 0.2) is 72.2 Å². The Hall–Kier alpha value is -3.54. The SMILES string of the molecule is C/C(=N\NC(=O)Cn1c2ccccc2c2ccncc21)c1ccccn1. The van der Waals surface area contributed by atoms with Crippen LogP contribution in [0.3, 0.4) is 0 Å². The third kappa shape index (κ3) is 2.93. The molecule has 1 N–H and O–H groups in total. The van der Waals surface area contributed by atoms with E-state index in [0.717, 1.165) is 27.5 Å². The molecule has 128 valence electrons. The van der Waals surface area contributed by atoms with E-state index in [1.807, 2.05) is 54.0 Å². The van der Waals surface area contributed by atoms with Crippen LogP contribution in [0, 0.1) is 0 Å². The zero-order chi connectivity index (χ0) is 17.9. The molecule has 26 heavy (non-hydrogen) atoms. The molecule has 6 heteroatoms. The summed E-state index contributed by atoms with van der Waals surface area (Å²) in [6.45, 7) is 1.97. The standard InChI is InChI=1S/C20H17N5O/c1-14(17-7-4-5-10-22-17)23-24-20(26)13-25-18-8-3-2-6-15(18)16-9-11-21-12-19(16)25/h2-12H,13H2,1H3,(H,24,26)/b23-14+. The number of amides is 1. The Morgan fingerprint density at radius 1 is 1.04 bits per heavy atom. The normalized spacial score (nSPS) is 11.8. The van der Waals surface area contributed by atoms with E-state index in [4.69, 9.17) is 0 Å². The van der Waals surface area contributed by atoms with Crippen LogP contribution in [0.25, 0.3) is 21.8 Å². The number of nitrogens with zero attached hydrogens (tertiary/aromatic N) is 4. The van der Waals surface area contributed by atoms with Crippen LogP contribution in [0.5, 0.6) is 0 Å². The van der Waals surface area contributed by atoms with E-state index in [1.54, 1.807) is 18.6 Å². The van der Waals surface area contributed by atoms with Gasteiger partial charge in [0.05, 0.1) is 23.1 Å². The van der Waals surface area contributed by atoms with Crippen LogP contribution in [0.2, 0.25) is 0 Å². The zero-order valence-electron chi connectivity index (χ0n) is 14.3. The minimum absolute atomic E-state index is 0.161. The highest BCUT2D eigenvalue weighted by Crippen LogP contribution is 2.27. The average molecular weight is 343 g/mol. The van der Waals surface area contributed by atoms with Crippen molar-refractivity contribution in [1.82, 2.24) is 20.0 Å². The number of hydrazone groups is 1. The third-order valence-corrected chi connectivity index (χ3v) is 4.26. The van der Waals surface area contributed by atoms with Gasteiger partial charge in [0.2, 0.25) is 0 Å². The van der Waals surface area contributed by atoms with E-state index in [-0.39, 0.29) is 12.5 Å². The molecule has 0 aliphatic carbocycles. The highest BCUT2D eigenvalue weighted by molar-refractivity contribution is 6.08. The average Bonchev–Trinajstić information content (AvgIpc) is 3.01. The first-order chi connectivity index (χ1) is 12.7. The molecule has 0 saturated carbocycles. The summed E-state index contributed by atoms with van der Waals surface area (Å²) >= 11 is 0. The zero-order valence-corrected chi connectivity index (χ0v) is 14.3. The summed E-state index contributed by atoms with van der Waals surface area (Å²) < 4.78 is 1.96. The second-order valence-electron chi connectivity index (χ2n) is 5.94. The van der Waals surface area contributed by atoms with E-state index >= 15 is 0 Å². The quantitative estimate of drug-likeness (QED) is 0.457. The van der Waals surface area contributed by atoms with Crippen molar-refractivity contribution in [2.75, 3.05) is 0 Å². The Kier molecular flexibility index (Phi) is 4.15. The summed E-state index contributed by atoms with van der Waals surface area (Å²) in [6, 6.07) is 15.6. The van der Waals surface area contributed by atoms with Gasteiger partial charge in [0.15, 0.2) is 0 Å². The molecule has 6 nitrogen and oxygen atoms in total. The lowest BCUT2D eigenvalue weighted by atomic mass is 10.2. The van der Waals surface area contributed by atoms with Gasteiger partial charge in [-0.1, -0.05) is 24.3 Å². The first-order valence-corrected chi connectivity index (χ1v) is 8.29. The number of fused-ring (bicyclic) bond motifs is 3. The second kappa shape index (κ2) is 6.76. The Morgan fingerprint density at radius 3 is 2.69 bits per heavy atom. The highest BCUT2D eigenvalue weighted by Gasteiger charge is 2.12. The molecule has 3 aromatic heterocycles. The smallest absolute Gasteiger partial charge is 0.260 e. The maximum Gasteiger partial charge on any atom is 0.260 e. The van der Waals surface area contributed by atoms with Gasteiger partial charge in [0, 0.05) is 28.7 Å². The third-order valence-electron chi connectivity index (χ3n) is 4.26. The van der Waals surface area contributed by atoms with Gasteiger partial charge in [-0.25, -0.2) is 5.43 Å². The molecule has 0 aliphatic rings. The number of carbonyl (C=O) groups excluding carboxylic acids is 1. The van der Waals surface area contributed by atoms with Gasteiger partial charge < -0.3 is 4.57 Å². The largest absolute Gasteiger partial charge is 0.330 e. The monoisotopic (exact) mass is 343 g/mol. The molecular weight excluding hydrogens is 326 g/mol. The van der Waals surface area contributed by atoms with Gasteiger partial charge in [0.25, 0.3) is 5.91 Å². The van der Waals surface area contributed by atoms with Crippen molar-refractivity contribution in [3.05, 3.63) is 72.8 Å². The number of rotatable bonds is 4. The van der Waals surface area contributed by atoms with E-state index < -0.39 is 0 Å². The predicted molar refractivity (Wildman–Crippen MR) is 102 cm³/mol. The minimum Gasteiger partial charge on any atom is -0.330 e. The number of carbonyl (C=O) groups is 1. The first kappa shape index (κ1) is 16.0. The molecule has 0 aliphatic heterocycles. The van der Waals surface area contributed by atoms with Gasteiger partial charge >= 0.3 is 0 Å². The van der Waals surface area contributed by atoms with Crippen molar-refractivity contribution >= 4 is 33.4 Å². The molecule has 0 fully saturated rings. The summed E-state index contributed by atoms with van der Waals surface area (Å²) in [4.78, 5) is 20.9. The van der Waals surface area contributed by atoms with Gasteiger partial charge in [-0.2, -0.15) is 5.10 Å². The molecule has 0 saturated heterocycles. The summed E-state index contributed by atoms with van der Waals surface area (Å²) in [5.41, 5.74) is 5.92. The molecule has 0 unspecified atom stereocenters. The van der Waals surface area contributed by atoms with Gasteiger partial charge in [-0.05, 0) is 31.2 Å². The molecule has 1 aromatic carbocycles. The van der Waals surface area contributed by atoms with Crippen LogP contribution in [0.4, 0.5) is 0 Å². The number of nitrogens with one attached hydrogen (secondary N) is 1. The van der Waals surface area contributed by atoms with Crippen molar-refractivity contribution in [3.63, 3.8) is 0 Å². The fraction of sp³-hybridized carbons (Fsp3) is 0.100. The Labute approximate surface area is 150 Å². The Bertz CT molecular complexity index is 1060. The lowest BCUT2D eigenvalue weighted by molar-refractivity contribution is -0.121. The van der Waals surface area contributed by atoms with Crippen molar-refractivity contribution in [2.45, 2.75) is 13.5 Å². The van der Waals surface area contributed by atoms with Gasteiger partial charge in [-0.3, -0.25) is 14.8 Å². The van der Waals surface area contributed by atoms with Crippen LogP contribution in [0.1, 0.15) is 12.6 Å². The Balaban J connectivity index is 1.62. The van der Waals surface area contributed by atoms with Gasteiger partial charge in [-0.15, -0.1) is 0 Å². The van der Waals surface area contributed by atoms with Crippen LogP contribution in [-0.4, -0.2) is 26.2 Å². The number of hydrogen-bond donors (Lipinski definition) is 1. The molecule has 0 spiro atoms. The second-order valence-corrected chi connectivity index (χ2v) is 5.94. The van der Waals surface area contributed by atoms with E-state index in [2.05, 4.69) is 26.6 Å². The summed E-state index contributed by atoms with van der Waals surface area (Å²) in [5, 5.41) is 6.34. The number of aromatic nitrogens is 3. The summed E-state index contributed by atoms with van der Waals surface area (Å²) in [5.74, 6) is -0.202. The highest BCUT2D eigenvalue weighted by atomic mass is 16.2. The molecule has 0 atom stereocenters. The summed E-state index contributed by atoms with van der Waals surface area (Å²) in [6.07, 6.45) is 5.24. The minimum atomic E-state index is -0.202. The lowest BCUT2D eigenvalue weighted by Crippen LogP contribution is -2.24. The molecular formula is C20H17N5O. The van der Waals surface area contributed by atoms with Crippen LogP contribution >= 0.6 is 0 Å². The fourth-order valence-electron chi connectivity index (χ4n) is 3.03. The first-order valence-electron chi connectivity index (χ1n) is 8.29. The summed E-state index contributed by atoms with van der Waals surface area (Å²) in [7, 11) is 0. The van der Waals surface area contributed by atoms with E-state index in [0.29, 0.717) is 5.71 Å². The predicted octanol–water partition coefficient (Wildman–Crippen LogP) is 3.12. The van der Waals surface area contributed by atoms with Crippen molar-refractivity contribution in [2.24, 2.45) is 5.10 Å². The van der Waals surface area contributed by atoms with Crippen molar-refractivity contribution in [1.29, 1.82) is 0 Å². The molecule has 0 radical (unpaired) electrons. The Morgan fingerprint density at radius 2 is 1.85 bits per heavy atom. The maximum absolute atomic E-state index is 12.5. The molecule has 3 heterocycles. The number of pyridine rings is 2. The number of benzene rings is 1. The number of para-hydroxylation sites is 1. The molecule has 4 rings (SSSR count). The fourth-order valence-corrected chi connectivity index (χ4v) is 3.03. The van der Waals surface area contributed by atoms with E-state index in [9.17, 15) is 4.79 Å². The molecule has 1 amide bonds. The van der Waals surface area contributed by atoms with Crippen molar-refractivity contribution in [3.8, 4) is 0 Å². The lowest BCUT2D eigenvalue weighted by Gasteiger charge is -2.06. The molecule has 0 bridgehead atoms. The number of hydrogen-bond acceptors (Lipinski definition) is 4. The van der Waals surface area contributed by atoms with Gasteiger partial charge in [0.1, 0.15) is 6.54 Å². The van der Waals surface area contributed by atoms with E-state index in [1.165, 1.54) is 0 Å².